The summed E-state index contributed by atoms with van der Waals surface area (Å²) >= 11 is 0. The summed E-state index contributed by atoms with van der Waals surface area (Å²) in [6.07, 6.45) is 1.26. The van der Waals surface area contributed by atoms with E-state index in [2.05, 4.69) is 0 Å². The number of nitriles is 1. The fourth-order valence-electron chi connectivity index (χ4n) is 1.26. The second-order valence-electron chi connectivity index (χ2n) is 2.77. The van der Waals surface area contributed by atoms with Crippen molar-refractivity contribution in [1.29, 1.82) is 5.26 Å². The van der Waals surface area contributed by atoms with E-state index < -0.39 is 0 Å². The number of nitrogens with two attached hydrogens (primary N) is 1. The Morgan fingerprint density at radius 3 is 2.67 bits per heavy atom. The van der Waals surface area contributed by atoms with Crippen LogP contribution in [0.15, 0.2) is 24.3 Å². The number of hydrogen-bond acceptors (Lipinski definition) is 4. The molecule has 78 valence electrons. The number of nitrogens with zero attached hydrogens (tertiary/aromatic N) is 1. The first-order valence-corrected chi connectivity index (χ1v) is 4.31. The van der Waals surface area contributed by atoms with Gasteiger partial charge in [0, 0.05) is 11.6 Å². The first-order chi connectivity index (χ1) is 7.24. The molecular weight excluding hydrogens is 192 g/mol. The Labute approximate surface area is 88.5 Å². The van der Waals surface area contributed by atoms with Gasteiger partial charge >= 0.3 is 0 Å². The van der Waals surface area contributed by atoms with Crippen LogP contribution in [0.5, 0.6) is 11.5 Å². The number of methoxy groups -OCH3 is 2. The van der Waals surface area contributed by atoms with Crippen LogP contribution >= 0.6 is 0 Å². The molecule has 1 aromatic carbocycles. The lowest BCUT2D eigenvalue weighted by molar-refractivity contribution is 0.354. The monoisotopic (exact) mass is 204 g/mol. The SMILES string of the molecule is COc1cccc(/C(N)=C/C#N)c1OC. The van der Waals surface area contributed by atoms with Gasteiger partial charge in [0.1, 0.15) is 0 Å². The molecule has 0 aliphatic heterocycles. The van der Waals surface area contributed by atoms with Crippen LogP contribution in [0.1, 0.15) is 5.56 Å². The lowest BCUT2D eigenvalue weighted by Gasteiger charge is -2.11. The second-order valence-corrected chi connectivity index (χ2v) is 2.77. The van der Waals surface area contributed by atoms with E-state index in [-0.39, 0.29) is 0 Å². The summed E-state index contributed by atoms with van der Waals surface area (Å²) in [4.78, 5) is 0. The summed E-state index contributed by atoms with van der Waals surface area (Å²) < 4.78 is 10.3. The smallest absolute Gasteiger partial charge is 0.170 e. The zero-order chi connectivity index (χ0) is 11.3. The summed E-state index contributed by atoms with van der Waals surface area (Å²) in [5, 5.41) is 8.51. The molecule has 0 saturated carbocycles. The lowest BCUT2D eigenvalue weighted by atomic mass is 10.1. The van der Waals surface area contributed by atoms with Crippen LogP contribution in [0.25, 0.3) is 5.70 Å². The molecule has 0 amide bonds. The minimum absolute atomic E-state index is 0.355. The Kier molecular flexibility index (Phi) is 3.58. The van der Waals surface area contributed by atoms with Crippen molar-refractivity contribution in [2.45, 2.75) is 0 Å². The van der Waals surface area contributed by atoms with Gasteiger partial charge in [0.05, 0.1) is 26.0 Å². The third-order valence-electron chi connectivity index (χ3n) is 1.93. The highest BCUT2D eigenvalue weighted by atomic mass is 16.5. The van der Waals surface area contributed by atoms with E-state index in [1.165, 1.54) is 13.2 Å². The van der Waals surface area contributed by atoms with Crippen LogP contribution in [0.3, 0.4) is 0 Å². The van der Waals surface area contributed by atoms with Crippen molar-refractivity contribution >= 4 is 5.70 Å². The average Bonchev–Trinajstić information content (AvgIpc) is 2.28. The van der Waals surface area contributed by atoms with Gasteiger partial charge in [-0.15, -0.1) is 0 Å². The molecule has 0 bridgehead atoms. The predicted molar refractivity (Wildman–Crippen MR) is 57.3 cm³/mol. The zero-order valence-electron chi connectivity index (χ0n) is 8.65. The van der Waals surface area contributed by atoms with Gasteiger partial charge in [-0.25, -0.2) is 0 Å². The van der Waals surface area contributed by atoms with E-state index in [4.69, 9.17) is 20.5 Å². The molecule has 0 unspecified atom stereocenters. The maximum Gasteiger partial charge on any atom is 0.170 e. The van der Waals surface area contributed by atoms with E-state index in [1.54, 1.807) is 25.3 Å². The van der Waals surface area contributed by atoms with E-state index in [1.807, 2.05) is 6.07 Å². The number of benzene rings is 1. The van der Waals surface area contributed by atoms with Crippen molar-refractivity contribution < 1.29 is 9.47 Å². The molecule has 0 saturated heterocycles. The summed E-state index contributed by atoms with van der Waals surface area (Å²) in [5.41, 5.74) is 6.71. The Balaban J connectivity index is 3.30. The molecule has 0 aromatic heterocycles. The van der Waals surface area contributed by atoms with Crippen molar-refractivity contribution in [2.24, 2.45) is 5.73 Å². The van der Waals surface area contributed by atoms with E-state index in [9.17, 15) is 0 Å². The number of rotatable bonds is 3. The van der Waals surface area contributed by atoms with E-state index in [0.717, 1.165) is 0 Å². The molecule has 15 heavy (non-hydrogen) atoms. The Bertz CT molecular complexity index is 419. The molecule has 0 atom stereocenters. The summed E-state index contributed by atoms with van der Waals surface area (Å²) in [5.74, 6) is 1.12. The van der Waals surface area contributed by atoms with E-state index >= 15 is 0 Å². The predicted octanol–water partition coefficient (Wildman–Crippen LogP) is 1.53. The fraction of sp³-hybridized carbons (Fsp3) is 0.182. The number of hydrogen-bond donors (Lipinski definition) is 1. The van der Waals surface area contributed by atoms with Crippen molar-refractivity contribution in [3.05, 3.63) is 29.8 Å². The van der Waals surface area contributed by atoms with Crippen molar-refractivity contribution in [3.8, 4) is 17.6 Å². The number of para-hydroxylation sites is 1. The minimum atomic E-state index is 0.355. The van der Waals surface area contributed by atoms with Crippen LogP contribution in [0, 0.1) is 11.3 Å². The molecular formula is C11H12N2O2. The molecule has 1 rings (SSSR count). The van der Waals surface area contributed by atoms with Crippen LogP contribution in [-0.2, 0) is 0 Å². The third kappa shape index (κ3) is 2.20. The number of ether oxygens (including phenoxy) is 2. The van der Waals surface area contributed by atoms with Gasteiger partial charge in [-0.3, -0.25) is 0 Å². The highest BCUT2D eigenvalue weighted by Gasteiger charge is 2.10. The molecule has 4 nitrogen and oxygen atoms in total. The van der Waals surface area contributed by atoms with Crippen molar-refractivity contribution in [1.82, 2.24) is 0 Å². The van der Waals surface area contributed by atoms with Gasteiger partial charge in [-0.05, 0) is 12.1 Å². The second kappa shape index (κ2) is 4.91. The molecule has 4 heteroatoms. The highest BCUT2D eigenvalue weighted by Crippen LogP contribution is 2.33. The van der Waals surface area contributed by atoms with Gasteiger partial charge in [0.2, 0.25) is 0 Å². The maximum absolute atomic E-state index is 8.51. The molecule has 0 spiro atoms. The van der Waals surface area contributed by atoms with Crippen molar-refractivity contribution in [3.63, 3.8) is 0 Å². The summed E-state index contributed by atoms with van der Waals surface area (Å²) in [6, 6.07) is 7.19. The molecule has 0 aliphatic carbocycles. The standard InChI is InChI=1S/C11H12N2O2/c1-14-10-5-3-4-8(11(10)15-2)9(13)6-7-12/h3-6H,13H2,1-2H3/b9-6-. The molecule has 0 aliphatic rings. The van der Waals surface area contributed by atoms with Gasteiger partial charge in [-0.1, -0.05) is 6.07 Å². The lowest BCUT2D eigenvalue weighted by Crippen LogP contribution is -2.00. The first-order valence-electron chi connectivity index (χ1n) is 4.31. The molecule has 1 aromatic rings. The largest absolute Gasteiger partial charge is 0.493 e. The summed E-state index contributed by atoms with van der Waals surface area (Å²) in [6.45, 7) is 0. The summed E-state index contributed by atoms with van der Waals surface area (Å²) in [7, 11) is 3.08. The maximum atomic E-state index is 8.51. The van der Waals surface area contributed by atoms with E-state index in [0.29, 0.717) is 22.8 Å². The molecule has 0 heterocycles. The highest BCUT2D eigenvalue weighted by molar-refractivity contribution is 5.72. The van der Waals surface area contributed by atoms with Gasteiger partial charge in [0.25, 0.3) is 0 Å². The van der Waals surface area contributed by atoms with Crippen LogP contribution in [0.4, 0.5) is 0 Å². The molecule has 0 fully saturated rings. The van der Waals surface area contributed by atoms with Crippen molar-refractivity contribution in [2.75, 3.05) is 14.2 Å². The quantitative estimate of drug-likeness (QED) is 0.758. The third-order valence-corrected chi connectivity index (χ3v) is 1.93. The van der Waals surface area contributed by atoms with Crippen LogP contribution < -0.4 is 15.2 Å². The molecule has 0 radical (unpaired) electrons. The van der Waals surface area contributed by atoms with Gasteiger partial charge in [-0.2, -0.15) is 5.26 Å². The Morgan fingerprint density at radius 1 is 1.40 bits per heavy atom. The topological polar surface area (TPSA) is 68.3 Å². The molecule has 2 N–H and O–H groups in total. The minimum Gasteiger partial charge on any atom is -0.493 e. The fourth-order valence-corrected chi connectivity index (χ4v) is 1.26. The first kappa shape index (κ1) is 10.9. The van der Waals surface area contributed by atoms with Gasteiger partial charge in [0.15, 0.2) is 11.5 Å². The Hall–Kier alpha value is -2.15. The Morgan fingerprint density at radius 2 is 2.13 bits per heavy atom. The normalized spacial score (nSPS) is 10.6. The van der Waals surface area contributed by atoms with Crippen LogP contribution in [0.2, 0.25) is 0 Å². The average molecular weight is 204 g/mol. The zero-order valence-corrected chi connectivity index (χ0v) is 8.65. The van der Waals surface area contributed by atoms with Gasteiger partial charge < -0.3 is 15.2 Å². The van der Waals surface area contributed by atoms with Crippen LogP contribution in [-0.4, -0.2) is 14.2 Å². The number of allylic oxidation sites excluding steroid dienone is 1.